The summed E-state index contributed by atoms with van der Waals surface area (Å²) in [5.74, 6) is -0.645. The van der Waals surface area contributed by atoms with E-state index in [1.165, 1.54) is 13.2 Å². The van der Waals surface area contributed by atoms with Crippen molar-refractivity contribution in [2.75, 3.05) is 7.11 Å². The number of carbonyl (C=O) groups excluding carboxylic acids is 1. The van der Waals surface area contributed by atoms with Crippen LogP contribution >= 0.6 is 11.6 Å². The normalized spacial score (nSPS) is 10.8. The predicted molar refractivity (Wildman–Crippen MR) is 72.2 cm³/mol. The maximum absolute atomic E-state index is 11.4. The number of phenols is 1. The summed E-state index contributed by atoms with van der Waals surface area (Å²) in [6, 6.07) is 3.07. The first-order valence-electron chi connectivity index (χ1n) is 5.85. The Kier molecular flexibility index (Phi) is 5.72. The summed E-state index contributed by atoms with van der Waals surface area (Å²) in [7, 11) is 1.28. The van der Waals surface area contributed by atoms with Crippen LogP contribution in [0, 0.1) is 0 Å². The van der Waals surface area contributed by atoms with Gasteiger partial charge in [0.25, 0.3) is 0 Å². The molecule has 0 aliphatic heterocycles. The van der Waals surface area contributed by atoms with Gasteiger partial charge >= 0.3 is 5.97 Å². The smallest absolute Gasteiger partial charge is 0.341 e. The number of carbonyl (C=O) groups is 1. The molecule has 0 aliphatic rings. The highest BCUT2D eigenvalue weighted by Gasteiger charge is 2.16. The van der Waals surface area contributed by atoms with Gasteiger partial charge in [-0.3, -0.25) is 0 Å². The van der Waals surface area contributed by atoms with Crippen LogP contribution in [0.5, 0.6) is 5.75 Å². The second kappa shape index (κ2) is 7.07. The van der Waals surface area contributed by atoms with Gasteiger partial charge in [-0.1, -0.05) is 30.7 Å². The molecule has 0 radical (unpaired) electrons. The van der Waals surface area contributed by atoms with Crippen molar-refractivity contribution in [3.63, 3.8) is 0 Å². The van der Waals surface area contributed by atoms with Crippen molar-refractivity contribution in [1.82, 2.24) is 0 Å². The first kappa shape index (κ1) is 14.6. The highest BCUT2D eigenvalue weighted by atomic mass is 35.5. The van der Waals surface area contributed by atoms with Crippen molar-refractivity contribution < 1.29 is 14.6 Å². The van der Waals surface area contributed by atoms with Gasteiger partial charge in [-0.15, -0.1) is 0 Å². The zero-order valence-electron chi connectivity index (χ0n) is 10.6. The van der Waals surface area contributed by atoms with Gasteiger partial charge in [0.2, 0.25) is 0 Å². The van der Waals surface area contributed by atoms with Crippen LogP contribution in [0.15, 0.2) is 24.3 Å². The molecule has 1 aromatic carbocycles. The molecule has 0 unspecified atom stereocenters. The molecule has 18 heavy (non-hydrogen) atoms. The topological polar surface area (TPSA) is 46.5 Å². The van der Waals surface area contributed by atoms with Gasteiger partial charge < -0.3 is 9.84 Å². The largest absolute Gasteiger partial charge is 0.507 e. The van der Waals surface area contributed by atoms with E-state index in [-0.39, 0.29) is 11.3 Å². The van der Waals surface area contributed by atoms with Crippen LogP contribution in [-0.2, 0) is 11.2 Å². The van der Waals surface area contributed by atoms with Gasteiger partial charge in [-0.25, -0.2) is 4.79 Å². The molecule has 0 saturated carbocycles. The number of esters is 1. The Morgan fingerprint density at radius 2 is 2.17 bits per heavy atom. The van der Waals surface area contributed by atoms with E-state index in [4.69, 9.17) is 11.6 Å². The summed E-state index contributed by atoms with van der Waals surface area (Å²) in [5, 5.41) is 10.5. The summed E-state index contributed by atoms with van der Waals surface area (Å²) in [6.07, 6.45) is 6.41. The van der Waals surface area contributed by atoms with Crippen LogP contribution in [0.25, 0.3) is 0 Å². The van der Waals surface area contributed by atoms with E-state index in [2.05, 4.69) is 17.7 Å². The number of phenolic OH excluding ortho intramolecular Hbond substituents is 1. The van der Waals surface area contributed by atoms with Gasteiger partial charge in [-0.05, 0) is 31.4 Å². The fraction of sp³-hybridized carbons (Fsp3) is 0.357. The molecule has 98 valence electrons. The molecule has 0 heterocycles. The Bertz CT molecular complexity index is 453. The highest BCUT2D eigenvalue weighted by molar-refractivity contribution is 6.31. The number of hydrogen-bond acceptors (Lipinski definition) is 3. The van der Waals surface area contributed by atoms with Crippen LogP contribution in [-0.4, -0.2) is 18.2 Å². The average molecular weight is 269 g/mol. The quantitative estimate of drug-likeness (QED) is 0.654. The summed E-state index contributed by atoms with van der Waals surface area (Å²) in [5.41, 5.74) is 0.733. The van der Waals surface area contributed by atoms with Crippen molar-refractivity contribution in [3.05, 3.63) is 40.4 Å². The maximum Gasteiger partial charge on any atom is 0.341 e. The Balaban J connectivity index is 2.95. The zero-order chi connectivity index (χ0) is 13.5. The highest BCUT2D eigenvalue weighted by Crippen LogP contribution is 2.31. The van der Waals surface area contributed by atoms with Crippen LogP contribution in [0.2, 0.25) is 5.02 Å². The molecule has 0 amide bonds. The number of methoxy groups -OCH3 is 1. The summed E-state index contributed by atoms with van der Waals surface area (Å²) < 4.78 is 4.60. The lowest BCUT2D eigenvalue weighted by Crippen LogP contribution is -2.03. The summed E-state index contributed by atoms with van der Waals surface area (Å²) >= 11 is 6.03. The maximum atomic E-state index is 11.4. The molecule has 0 fully saturated rings. The third kappa shape index (κ3) is 3.50. The van der Waals surface area contributed by atoms with E-state index in [1.54, 1.807) is 6.07 Å². The van der Waals surface area contributed by atoms with E-state index in [1.807, 2.05) is 6.08 Å². The van der Waals surface area contributed by atoms with Crippen LogP contribution < -0.4 is 0 Å². The Labute approximate surface area is 112 Å². The molecular weight excluding hydrogens is 252 g/mol. The second-order valence-electron chi connectivity index (χ2n) is 3.83. The zero-order valence-corrected chi connectivity index (χ0v) is 11.3. The summed E-state index contributed by atoms with van der Waals surface area (Å²) in [4.78, 5) is 11.4. The second-order valence-corrected chi connectivity index (χ2v) is 4.24. The van der Waals surface area contributed by atoms with Gasteiger partial charge in [0, 0.05) is 10.6 Å². The minimum Gasteiger partial charge on any atom is -0.507 e. The van der Waals surface area contributed by atoms with E-state index < -0.39 is 5.97 Å². The van der Waals surface area contributed by atoms with Crippen molar-refractivity contribution >= 4 is 17.6 Å². The van der Waals surface area contributed by atoms with E-state index in [0.717, 1.165) is 12.8 Å². The number of benzene rings is 1. The monoisotopic (exact) mass is 268 g/mol. The van der Waals surface area contributed by atoms with E-state index in [9.17, 15) is 9.90 Å². The predicted octanol–water partition coefficient (Wildman–Crippen LogP) is 3.73. The average Bonchev–Trinajstić information content (AvgIpc) is 2.37. The van der Waals surface area contributed by atoms with Crippen LogP contribution in [0.4, 0.5) is 0 Å². The molecule has 1 N–H and O–H groups in total. The van der Waals surface area contributed by atoms with Crippen LogP contribution in [0.1, 0.15) is 35.7 Å². The molecule has 0 bridgehead atoms. The number of hydrogen-bond donors (Lipinski definition) is 1. The Hall–Kier alpha value is -1.48. The number of rotatable bonds is 5. The molecule has 0 atom stereocenters. The van der Waals surface area contributed by atoms with Gasteiger partial charge in [0.05, 0.1) is 7.11 Å². The first-order valence-corrected chi connectivity index (χ1v) is 6.23. The minimum atomic E-state index is -0.561. The first-order chi connectivity index (χ1) is 8.61. The van der Waals surface area contributed by atoms with Crippen molar-refractivity contribution in [1.29, 1.82) is 0 Å². The fourth-order valence-corrected chi connectivity index (χ4v) is 1.88. The number of aromatic hydroxyl groups is 1. The Morgan fingerprint density at radius 3 is 2.78 bits per heavy atom. The number of allylic oxidation sites excluding steroid dienone is 2. The SMILES string of the molecule is CCC=CCCc1c(Cl)ccc(C(=O)OC)c1O. The molecular formula is C14H17ClO3. The van der Waals surface area contributed by atoms with Crippen LogP contribution in [0.3, 0.4) is 0 Å². The third-order valence-corrected chi connectivity index (χ3v) is 2.95. The lowest BCUT2D eigenvalue weighted by molar-refractivity contribution is 0.0597. The molecule has 0 aliphatic carbocycles. The third-order valence-electron chi connectivity index (χ3n) is 2.59. The van der Waals surface area contributed by atoms with Gasteiger partial charge in [-0.2, -0.15) is 0 Å². The summed E-state index contributed by atoms with van der Waals surface area (Å²) in [6.45, 7) is 2.05. The molecule has 3 nitrogen and oxygen atoms in total. The van der Waals surface area contributed by atoms with Crippen molar-refractivity contribution in [2.24, 2.45) is 0 Å². The van der Waals surface area contributed by atoms with E-state index in [0.29, 0.717) is 17.0 Å². The number of ether oxygens (including phenoxy) is 1. The van der Waals surface area contributed by atoms with Gasteiger partial charge in [0.1, 0.15) is 11.3 Å². The standard InChI is InChI=1S/C14H17ClO3/c1-3-4-5-6-7-10-12(15)9-8-11(13(10)16)14(17)18-2/h4-5,8-9,16H,3,6-7H2,1-2H3. The Morgan fingerprint density at radius 1 is 1.44 bits per heavy atom. The van der Waals surface area contributed by atoms with Crippen molar-refractivity contribution in [2.45, 2.75) is 26.2 Å². The molecule has 0 spiro atoms. The van der Waals surface area contributed by atoms with Crippen molar-refractivity contribution in [3.8, 4) is 5.75 Å². The lowest BCUT2D eigenvalue weighted by atomic mass is 10.0. The molecule has 0 saturated heterocycles. The number of halogens is 1. The molecule has 1 rings (SSSR count). The molecule has 1 aromatic rings. The van der Waals surface area contributed by atoms with E-state index >= 15 is 0 Å². The minimum absolute atomic E-state index is 0.0840. The lowest BCUT2D eigenvalue weighted by Gasteiger charge is -2.09. The molecule has 4 heteroatoms. The van der Waals surface area contributed by atoms with Gasteiger partial charge in [0.15, 0.2) is 0 Å². The molecule has 0 aromatic heterocycles. The fourth-order valence-electron chi connectivity index (χ4n) is 1.64.